The van der Waals surface area contributed by atoms with Gasteiger partial charge in [0, 0.05) is 0 Å². The van der Waals surface area contributed by atoms with Gasteiger partial charge < -0.3 is 5.73 Å². The van der Waals surface area contributed by atoms with E-state index in [4.69, 9.17) is 5.73 Å². The van der Waals surface area contributed by atoms with Gasteiger partial charge in [-0.2, -0.15) is 0 Å². The molecule has 0 radical (unpaired) electrons. The third-order valence-corrected chi connectivity index (χ3v) is 3.57. The molecule has 0 bridgehead atoms. The van der Waals surface area contributed by atoms with Crippen LogP contribution in [-0.4, -0.2) is 6.54 Å². The Balaban J connectivity index is 4.51. The molecule has 0 heterocycles. The summed E-state index contributed by atoms with van der Waals surface area (Å²) >= 11 is 0. The smallest absolute Gasteiger partial charge is 0.00718 e. The van der Waals surface area contributed by atoms with Crippen molar-refractivity contribution in [3.8, 4) is 0 Å². The Labute approximate surface area is 77.7 Å². The second kappa shape index (κ2) is 4.86. The molecule has 0 rings (SSSR count). The van der Waals surface area contributed by atoms with Gasteiger partial charge >= 0.3 is 0 Å². The van der Waals surface area contributed by atoms with Gasteiger partial charge in [-0.1, -0.05) is 34.6 Å². The number of rotatable bonds is 5. The highest BCUT2D eigenvalue weighted by molar-refractivity contribution is 4.84. The van der Waals surface area contributed by atoms with Crippen molar-refractivity contribution in [3.63, 3.8) is 0 Å². The van der Waals surface area contributed by atoms with Crippen molar-refractivity contribution in [2.45, 2.75) is 47.5 Å². The predicted molar refractivity (Wildman–Crippen MR) is 56.1 cm³/mol. The van der Waals surface area contributed by atoms with Crippen LogP contribution in [0, 0.1) is 17.3 Å². The van der Waals surface area contributed by atoms with E-state index in [1.54, 1.807) is 0 Å². The van der Waals surface area contributed by atoms with Gasteiger partial charge in [0.05, 0.1) is 0 Å². The Bertz CT molecular complexity index is 108. The zero-order valence-electron chi connectivity index (χ0n) is 9.35. The average Bonchev–Trinajstić information content (AvgIpc) is 1.98. The maximum absolute atomic E-state index is 5.67. The predicted octanol–water partition coefficient (Wildman–Crippen LogP) is 3.04. The molecule has 0 aliphatic heterocycles. The van der Waals surface area contributed by atoms with Crippen LogP contribution in [0.25, 0.3) is 0 Å². The second-order valence-corrected chi connectivity index (χ2v) is 4.43. The van der Waals surface area contributed by atoms with E-state index < -0.39 is 0 Å². The Morgan fingerprint density at radius 2 is 1.50 bits per heavy atom. The lowest BCUT2D eigenvalue weighted by atomic mass is 9.65. The van der Waals surface area contributed by atoms with Gasteiger partial charge in [-0.3, -0.25) is 0 Å². The Morgan fingerprint density at radius 3 is 1.58 bits per heavy atom. The summed E-state index contributed by atoms with van der Waals surface area (Å²) in [6.07, 6.45) is 2.42. The minimum absolute atomic E-state index is 0.467. The lowest BCUT2D eigenvalue weighted by molar-refractivity contribution is 0.0954. The van der Waals surface area contributed by atoms with E-state index in [2.05, 4.69) is 34.6 Å². The maximum Gasteiger partial charge on any atom is -0.00718 e. The molecule has 0 aliphatic rings. The molecule has 0 atom stereocenters. The van der Waals surface area contributed by atoms with Gasteiger partial charge in [0.1, 0.15) is 0 Å². The fraction of sp³-hybridized carbons (Fsp3) is 1.00. The Hall–Kier alpha value is -0.0400. The molecule has 0 amide bonds. The molecule has 0 aromatic carbocycles. The lowest BCUT2D eigenvalue weighted by Crippen LogP contribution is -2.34. The quantitative estimate of drug-likeness (QED) is 0.676. The lowest BCUT2D eigenvalue weighted by Gasteiger charge is -2.40. The maximum atomic E-state index is 5.67. The normalized spacial score (nSPS) is 13.0. The largest absolute Gasteiger partial charge is 0.330 e. The third-order valence-electron chi connectivity index (χ3n) is 3.57. The first-order valence-electron chi connectivity index (χ1n) is 5.21. The highest BCUT2D eigenvalue weighted by atomic mass is 14.6. The molecule has 1 heteroatoms. The molecule has 0 fully saturated rings. The highest BCUT2D eigenvalue weighted by Gasteiger charge is 2.33. The van der Waals surface area contributed by atoms with Crippen molar-refractivity contribution < 1.29 is 0 Å². The van der Waals surface area contributed by atoms with Crippen molar-refractivity contribution in [1.29, 1.82) is 0 Å². The van der Waals surface area contributed by atoms with Crippen molar-refractivity contribution in [2.24, 2.45) is 23.0 Å². The monoisotopic (exact) mass is 171 g/mol. The Morgan fingerprint density at radius 1 is 1.08 bits per heavy atom. The van der Waals surface area contributed by atoms with Crippen molar-refractivity contribution in [1.82, 2.24) is 0 Å². The van der Waals surface area contributed by atoms with Crippen LogP contribution in [0.1, 0.15) is 47.5 Å². The fourth-order valence-electron chi connectivity index (χ4n) is 2.51. The van der Waals surface area contributed by atoms with Gasteiger partial charge in [-0.25, -0.2) is 0 Å². The summed E-state index contributed by atoms with van der Waals surface area (Å²) in [6, 6.07) is 0. The van der Waals surface area contributed by atoms with Crippen LogP contribution in [0.5, 0.6) is 0 Å². The molecule has 0 spiro atoms. The summed E-state index contributed by atoms with van der Waals surface area (Å²) in [6.45, 7) is 12.4. The molecule has 74 valence electrons. The van der Waals surface area contributed by atoms with E-state index in [0.717, 1.165) is 18.4 Å². The zero-order chi connectivity index (χ0) is 9.78. The van der Waals surface area contributed by atoms with Crippen LogP contribution < -0.4 is 5.73 Å². The van der Waals surface area contributed by atoms with Gasteiger partial charge in [-0.05, 0) is 36.6 Å². The van der Waals surface area contributed by atoms with Crippen LogP contribution in [0.4, 0.5) is 0 Å². The SMILES string of the molecule is CCC(CCN)(C(C)C)C(C)C. The summed E-state index contributed by atoms with van der Waals surface area (Å²) in [7, 11) is 0. The minimum Gasteiger partial charge on any atom is -0.330 e. The molecule has 0 aromatic heterocycles. The van der Waals surface area contributed by atoms with E-state index in [-0.39, 0.29) is 0 Å². The van der Waals surface area contributed by atoms with Crippen LogP contribution in [0.15, 0.2) is 0 Å². The minimum atomic E-state index is 0.467. The first-order valence-corrected chi connectivity index (χ1v) is 5.21. The summed E-state index contributed by atoms with van der Waals surface area (Å²) in [4.78, 5) is 0. The topological polar surface area (TPSA) is 26.0 Å². The van der Waals surface area contributed by atoms with Gasteiger partial charge in [-0.15, -0.1) is 0 Å². The number of hydrogen-bond acceptors (Lipinski definition) is 1. The van der Waals surface area contributed by atoms with Crippen LogP contribution >= 0.6 is 0 Å². The number of nitrogens with two attached hydrogens (primary N) is 1. The molecular weight excluding hydrogens is 146 g/mol. The van der Waals surface area contributed by atoms with E-state index in [0.29, 0.717) is 5.41 Å². The third kappa shape index (κ3) is 2.22. The molecule has 0 saturated carbocycles. The van der Waals surface area contributed by atoms with Gasteiger partial charge in [0.2, 0.25) is 0 Å². The standard InChI is InChI=1S/C11H25N/c1-6-11(7-8-12,9(2)3)10(4)5/h9-10H,6-8,12H2,1-5H3. The van der Waals surface area contributed by atoms with Gasteiger partial charge in [0.25, 0.3) is 0 Å². The van der Waals surface area contributed by atoms with Crippen molar-refractivity contribution in [3.05, 3.63) is 0 Å². The van der Waals surface area contributed by atoms with E-state index in [1.807, 2.05) is 0 Å². The first-order chi connectivity index (χ1) is 5.51. The van der Waals surface area contributed by atoms with E-state index in [1.165, 1.54) is 12.8 Å². The average molecular weight is 171 g/mol. The second-order valence-electron chi connectivity index (χ2n) is 4.43. The van der Waals surface area contributed by atoms with Crippen LogP contribution in [0.2, 0.25) is 0 Å². The molecule has 0 aromatic rings. The summed E-state index contributed by atoms with van der Waals surface area (Å²) in [5.74, 6) is 1.48. The van der Waals surface area contributed by atoms with Crippen molar-refractivity contribution >= 4 is 0 Å². The van der Waals surface area contributed by atoms with Gasteiger partial charge in [0.15, 0.2) is 0 Å². The highest BCUT2D eigenvalue weighted by Crippen LogP contribution is 2.41. The van der Waals surface area contributed by atoms with Crippen LogP contribution in [0.3, 0.4) is 0 Å². The summed E-state index contributed by atoms with van der Waals surface area (Å²) < 4.78 is 0. The van der Waals surface area contributed by atoms with Crippen LogP contribution in [-0.2, 0) is 0 Å². The molecule has 0 aliphatic carbocycles. The fourth-order valence-corrected chi connectivity index (χ4v) is 2.51. The molecule has 1 nitrogen and oxygen atoms in total. The van der Waals surface area contributed by atoms with E-state index >= 15 is 0 Å². The molecule has 0 saturated heterocycles. The molecular formula is C11H25N. The summed E-state index contributed by atoms with van der Waals surface area (Å²) in [5, 5.41) is 0. The number of hydrogen-bond donors (Lipinski definition) is 1. The zero-order valence-corrected chi connectivity index (χ0v) is 9.35. The summed E-state index contributed by atoms with van der Waals surface area (Å²) in [5.41, 5.74) is 6.13. The molecule has 12 heavy (non-hydrogen) atoms. The first kappa shape index (κ1) is 12.0. The molecule has 2 N–H and O–H groups in total. The Kier molecular flexibility index (Phi) is 4.84. The van der Waals surface area contributed by atoms with Crippen molar-refractivity contribution in [2.75, 3.05) is 6.54 Å². The van der Waals surface area contributed by atoms with E-state index in [9.17, 15) is 0 Å². The molecule has 0 unspecified atom stereocenters.